The average Bonchev–Trinajstić information content (AvgIpc) is 3.42. The zero-order valence-electron chi connectivity index (χ0n) is 14.4. The Labute approximate surface area is 149 Å². The first-order valence-corrected chi connectivity index (χ1v) is 8.84. The van der Waals surface area contributed by atoms with Crippen molar-refractivity contribution in [3.05, 3.63) is 30.1 Å². The van der Waals surface area contributed by atoms with Crippen molar-refractivity contribution in [2.45, 2.75) is 13.3 Å². The average molecular weight is 353 g/mol. The molecule has 1 amide bonds. The van der Waals surface area contributed by atoms with Gasteiger partial charge in [0.05, 0.1) is 0 Å². The fourth-order valence-corrected chi connectivity index (χ4v) is 4.02. The number of aromatic amines is 1. The summed E-state index contributed by atoms with van der Waals surface area (Å²) in [6.07, 6.45) is 2.16. The highest BCUT2D eigenvalue weighted by Gasteiger charge is 2.42. The van der Waals surface area contributed by atoms with Crippen LogP contribution in [0.2, 0.25) is 0 Å². The van der Waals surface area contributed by atoms with Crippen molar-refractivity contribution in [2.75, 3.05) is 31.1 Å². The second-order valence-corrected chi connectivity index (χ2v) is 6.90. The molecule has 0 aliphatic carbocycles. The normalized spacial score (nSPS) is 22.3. The molecule has 1 N–H and O–H groups in total. The number of aryl methyl sites for hydroxylation is 1. The van der Waals surface area contributed by atoms with Gasteiger partial charge in [-0.2, -0.15) is 9.61 Å². The van der Waals surface area contributed by atoms with Gasteiger partial charge in [-0.3, -0.25) is 9.89 Å². The predicted molar refractivity (Wildman–Crippen MR) is 91.6 cm³/mol. The van der Waals surface area contributed by atoms with Crippen LogP contribution in [0.25, 0.3) is 5.65 Å². The molecule has 2 saturated heterocycles. The van der Waals surface area contributed by atoms with Crippen LogP contribution >= 0.6 is 0 Å². The number of H-pyrrole nitrogens is 1. The van der Waals surface area contributed by atoms with E-state index in [1.165, 1.54) is 6.33 Å². The third-order valence-electron chi connectivity index (χ3n) is 5.34. The number of amides is 1. The first-order valence-electron chi connectivity index (χ1n) is 8.84. The topological polar surface area (TPSA) is 108 Å². The van der Waals surface area contributed by atoms with Crippen molar-refractivity contribution in [3.8, 4) is 0 Å². The molecule has 26 heavy (non-hydrogen) atoms. The fraction of sp³-hybridized carbons (Fsp3) is 0.500. The second-order valence-electron chi connectivity index (χ2n) is 6.90. The van der Waals surface area contributed by atoms with E-state index < -0.39 is 0 Å². The highest BCUT2D eigenvalue weighted by Crippen LogP contribution is 2.33. The maximum Gasteiger partial charge on any atom is 0.291 e. The van der Waals surface area contributed by atoms with Crippen LogP contribution in [0.4, 0.5) is 5.82 Å². The number of likely N-dealkylation sites (tertiary alicyclic amines) is 1. The van der Waals surface area contributed by atoms with Gasteiger partial charge in [0.15, 0.2) is 11.5 Å². The Balaban J connectivity index is 1.31. The molecule has 5 rings (SSSR count). The molecule has 2 fully saturated rings. The van der Waals surface area contributed by atoms with Gasteiger partial charge in [0.25, 0.3) is 5.91 Å². The standard InChI is InChI=1S/C16H19N9O/c1-2-12-19-20-13-3-4-14(22-25(12)13)23-5-10-7-24(8-11(10)6-23)16(26)15-17-9-18-21-15/h3-4,9-11H,2,5-8H2,1H3,(H,17,18,21). The van der Waals surface area contributed by atoms with Crippen LogP contribution in [0.1, 0.15) is 23.4 Å². The summed E-state index contributed by atoms with van der Waals surface area (Å²) in [4.78, 5) is 20.6. The Morgan fingerprint density at radius 1 is 1.19 bits per heavy atom. The van der Waals surface area contributed by atoms with Crippen LogP contribution in [-0.2, 0) is 6.42 Å². The first-order chi connectivity index (χ1) is 12.7. The Hall–Kier alpha value is -3.04. The highest BCUT2D eigenvalue weighted by molar-refractivity contribution is 5.90. The largest absolute Gasteiger partial charge is 0.354 e. The SMILES string of the molecule is CCc1nnc2ccc(N3CC4CN(C(=O)c5ncn[nH]5)CC4C3)nn12. The number of rotatable bonds is 3. The number of nitrogens with zero attached hydrogens (tertiary/aromatic N) is 8. The van der Waals surface area contributed by atoms with Gasteiger partial charge in [0.2, 0.25) is 5.82 Å². The number of carbonyl (C=O) groups excluding carboxylic acids is 1. The molecule has 2 unspecified atom stereocenters. The molecule has 2 aliphatic heterocycles. The summed E-state index contributed by atoms with van der Waals surface area (Å²) in [7, 11) is 0. The zero-order chi connectivity index (χ0) is 17.7. The number of anilines is 1. The van der Waals surface area contributed by atoms with Crippen molar-refractivity contribution in [1.82, 2.24) is 39.9 Å². The summed E-state index contributed by atoms with van der Waals surface area (Å²) >= 11 is 0. The lowest BCUT2D eigenvalue weighted by atomic mass is 10.0. The molecule has 3 aromatic rings. The van der Waals surface area contributed by atoms with E-state index in [0.29, 0.717) is 17.7 Å². The maximum absolute atomic E-state index is 12.4. The Morgan fingerprint density at radius 3 is 2.69 bits per heavy atom. The molecule has 0 aromatic carbocycles. The minimum atomic E-state index is -0.0694. The lowest BCUT2D eigenvalue weighted by molar-refractivity contribution is 0.0771. The molecule has 0 radical (unpaired) electrons. The summed E-state index contributed by atoms with van der Waals surface area (Å²) in [6.45, 7) is 5.33. The Bertz CT molecular complexity index is 936. The lowest BCUT2D eigenvalue weighted by Crippen LogP contribution is -2.34. The zero-order valence-corrected chi connectivity index (χ0v) is 14.4. The highest BCUT2D eigenvalue weighted by atomic mass is 16.2. The number of hydrogen-bond acceptors (Lipinski definition) is 7. The summed E-state index contributed by atoms with van der Waals surface area (Å²) < 4.78 is 1.82. The molecule has 10 heteroatoms. The molecule has 134 valence electrons. The van der Waals surface area contributed by atoms with Crippen LogP contribution in [-0.4, -0.2) is 72.0 Å². The van der Waals surface area contributed by atoms with Gasteiger partial charge in [-0.25, -0.2) is 4.98 Å². The summed E-state index contributed by atoms with van der Waals surface area (Å²) in [5.41, 5.74) is 0.772. The number of hydrogen-bond donors (Lipinski definition) is 1. The van der Waals surface area contributed by atoms with Crippen molar-refractivity contribution >= 4 is 17.4 Å². The van der Waals surface area contributed by atoms with Crippen molar-refractivity contribution in [1.29, 1.82) is 0 Å². The number of aromatic nitrogens is 7. The van der Waals surface area contributed by atoms with Crippen LogP contribution in [0.15, 0.2) is 18.5 Å². The maximum atomic E-state index is 12.4. The Morgan fingerprint density at radius 2 is 2.00 bits per heavy atom. The smallest absolute Gasteiger partial charge is 0.291 e. The van der Waals surface area contributed by atoms with Crippen molar-refractivity contribution in [2.24, 2.45) is 11.8 Å². The molecule has 0 saturated carbocycles. The molecule has 2 atom stereocenters. The number of nitrogens with one attached hydrogen (secondary N) is 1. The van der Waals surface area contributed by atoms with E-state index in [2.05, 4.69) is 30.3 Å². The van der Waals surface area contributed by atoms with Gasteiger partial charge in [-0.15, -0.1) is 15.3 Å². The summed E-state index contributed by atoms with van der Waals surface area (Å²) in [6, 6.07) is 3.96. The minimum Gasteiger partial charge on any atom is -0.354 e. The quantitative estimate of drug-likeness (QED) is 0.707. The first kappa shape index (κ1) is 15.2. The van der Waals surface area contributed by atoms with E-state index in [4.69, 9.17) is 5.10 Å². The summed E-state index contributed by atoms with van der Waals surface area (Å²) in [5.74, 6) is 2.95. The van der Waals surface area contributed by atoms with Crippen molar-refractivity contribution in [3.63, 3.8) is 0 Å². The predicted octanol–water partition coefficient (Wildman–Crippen LogP) is 0.0132. The van der Waals surface area contributed by atoms with Gasteiger partial charge in [0, 0.05) is 44.4 Å². The number of carbonyl (C=O) groups is 1. The van der Waals surface area contributed by atoms with Gasteiger partial charge >= 0.3 is 0 Å². The Kier molecular flexibility index (Phi) is 3.37. The van der Waals surface area contributed by atoms with E-state index in [9.17, 15) is 4.79 Å². The van der Waals surface area contributed by atoms with Crippen LogP contribution in [0.3, 0.4) is 0 Å². The van der Waals surface area contributed by atoms with E-state index in [1.807, 2.05) is 28.5 Å². The van der Waals surface area contributed by atoms with Gasteiger partial charge in [-0.1, -0.05) is 6.92 Å². The minimum absolute atomic E-state index is 0.0694. The molecule has 3 aromatic heterocycles. The van der Waals surface area contributed by atoms with Crippen LogP contribution in [0, 0.1) is 11.8 Å². The van der Waals surface area contributed by atoms with Crippen LogP contribution in [0.5, 0.6) is 0 Å². The molecule has 0 spiro atoms. The monoisotopic (exact) mass is 353 g/mol. The number of fused-ring (bicyclic) bond motifs is 2. The van der Waals surface area contributed by atoms with E-state index in [-0.39, 0.29) is 5.91 Å². The molecule has 2 aliphatic rings. The molecular weight excluding hydrogens is 334 g/mol. The molecule has 5 heterocycles. The third-order valence-corrected chi connectivity index (χ3v) is 5.34. The fourth-order valence-electron chi connectivity index (χ4n) is 4.02. The van der Waals surface area contributed by atoms with Gasteiger partial charge < -0.3 is 9.80 Å². The molecule has 0 bridgehead atoms. The van der Waals surface area contributed by atoms with Gasteiger partial charge in [-0.05, 0) is 12.1 Å². The van der Waals surface area contributed by atoms with Crippen LogP contribution < -0.4 is 4.90 Å². The van der Waals surface area contributed by atoms with E-state index >= 15 is 0 Å². The molecule has 10 nitrogen and oxygen atoms in total. The third kappa shape index (κ3) is 2.32. The van der Waals surface area contributed by atoms with Gasteiger partial charge in [0.1, 0.15) is 12.1 Å². The van der Waals surface area contributed by atoms with Crippen molar-refractivity contribution < 1.29 is 4.79 Å². The lowest BCUT2D eigenvalue weighted by Gasteiger charge is -2.21. The summed E-state index contributed by atoms with van der Waals surface area (Å²) in [5, 5.41) is 19.4. The second kappa shape index (κ2) is 5.75. The van der Waals surface area contributed by atoms with E-state index in [0.717, 1.165) is 49.9 Å². The molecular formula is C16H19N9O. The van der Waals surface area contributed by atoms with E-state index in [1.54, 1.807) is 0 Å².